The van der Waals surface area contributed by atoms with Crippen molar-refractivity contribution in [3.63, 3.8) is 0 Å². The van der Waals surface area contributed by atoms with Crippen molar-refractivity contribution in [2.75, 3.05) is 24.5 Å². The maximum absolute atomic E-state index is 12.2. The minimum absolute atomic E-state index is 0.181. The minimum atomic E-state index is -0.287. The number of carbonyl (C=O) groups is 1. The number of anilines is 1. The van der Waals surface area contributed by atoms with Crippen LogP contribution in [0.25, 0.3) is 10.8 Å². The van der Waals surface area contributed by atoms with E-state index in [-0.39, 0.29) is 12.5 Å². The molecule has 2 aromatic rings. The molecule has 1 aliphatic rings. The van der Waals surface area contributed by atoms with Crippen molar-refractivity contribution < 1.29 is 4.79 Å². The van der Waals surface area contributed by atoms with E-state index in [0.29, 0.717) is 5.69 Å². The highest BCUT2D eigenvalue weighted by molar-refractivity contribution is 6.07. The van der Waals surface area contributed by atoms with Gasteiger partial charge < -0.3 is 10.2 Å². The fourth-order valence-corrected chi connectivity index (χ4v) is 2.93. The molecule has 3 rings (SSSR count). The molecule has 118 valence electrons. The van der Waals surface area contributed by atoms with E-state index < -0.39 is 0 Å². The van der Waals surface area contributed by atoms with Crippen LogP contribution in [0.2, 0.25) is 0 Å². The van der Waals surface area contributed by atoms with Crippen molar-refractivity contribution in [3.8, 4) is 12.3 Å². The number of aromatic nitrogens is 2. The van der Waals surface area contributed by atoms with E-state index in [4.69, 9.17) is 6.42 Å². The summed E-state index contributed by atoms with van der Waals surface area (Å²) in [6.07, 6.45) is 7.50. The maximum atomic E-state index is 12.2. The van der Waals surface area contributed by atoms with E-state index in [2.05, 4.69) is 33.3 Å². The second kappa shape index (κ2) is 6.66. The Kier molecular flexibility index (Phi) is 4.42. The minimum Gasteiger partial charge on any atom is -0.355 e. The molecular formula is C18H20N4O. The van der Waals surface area contributed by atoms with E-state index in [1.165, 1.54) is 0 Å². The molecule has 0 unspecified atom stereocenters. The third kappa shape index (κ3) is 3.11. The Balaban J connectivity index is 1.99. The zero-order valence-corrected chi connectivity index (χ0v) is 13.2. The van der Waals surface area contributed by atoms with Gasteiger partial charge in [-0.05, 0) is 18.8 Å². The number of amides is 1. The van der Waals surface area contributed by atoms with E-state index >= 15 is 0 Å². The molecule has 1 aromatic heterocycles. The first-order valence-electron chi connectivity index (χ1n) is 7.92. The first kappa shape index (κ1) is 15.3. The van der Waals surface area contributed by atoms with Gasteiger partial charge in [0.2, 0.25) is 0 Å². The molecule has 1 fully saturated rings. The molecule has 5 nitrogen and oxygen atoms in total. The largest absolute Gasteiger partial charge is 0.355 e. The number of hydrogen-bond donors (Lipinski definition) is 1. The quantitative estimate of drug-likeness (QED) is 0.884. The number of hydrogen-bond acceptors (Lipinski definition) is 4. The summed E-state index contributed by atoms with van der Waals surface area (Å²) in [7, 11) is 0. The molecule has 0 radical (unpaired) electrons. The molecule has 1 aliphatic heterocycles. The molecule has 0 aliphatic carbocycles. The Bertz CT molecular complexity index is 757. The average molecular weight is 308 g/mol. The molecular weight excluding hydrogens is 288 g/mol. The monoisotopic (exact) mass is 308 g/mol. The van der Waals surface area contributed by atoms with Crippen LogP contribution in [-0.2, 0) is 0 Å². The summed E-state index contributed by atoms with van der Waals surface area (Å²) >= 11 is 0. The molecule has 1 N–H and O–H groups in total. The molecule has 5 heteroatoms. The van der Waals surface area contributed by atoms with Crippen LogP contribution in [0.1, 0.15) is 30.3 Å². The fourth-order valence-electron chi connectivity index (χ4n) is 2.93. The third-order valence-corrected chi connectivity index (χ3v) is 4.32. The van der Waals surface area contributed by atoms with E-state index in [1.807, 2.05) is 24.3 Å². The van der Waals surface area contributed by atoms with E-state index in [1.54, 1.807) is 0 Å². The molecule has 2 heterocycles. The van der Waals surface area contributed by atoms with Crippen LogP contribution in [0.4, 0.5) is 5.82 Å². The molecule has 0 spiro atoms. The van der Waals surface area contributed by atoms with Crippen molar-refractivity contribution in [2.24, 2.45) is 5.92 Å². The number of piperidine rings is 1. The zero-order chi connectivity index (χ0) is 16.2. The molecule has 0 bridgehead atoms. The zero-order valence-electron chi connectivity index (χ0n) is 13.2. The van der Waals surface area contributed by atoms with Crippen molar-refractivity contribution in [3.05, 3.63) is 30.0 Å². The second-order valence-electron chi connectivity index (χ2n) is 5.97. The summed E-state index contributed by atoms with van der Waals surface area (Å²) in [4.78, 5) is 14.5. The Labute approximate surface area is 136 Å². The Morgan fingerprint density at radius 1 is 1.30 bits per heavy atom. The maximum Gasteiger partial charge on any atom is 0.273 e. The number of terminal acetylenes is 1. The van der Waals surface area contributed by atoms with Crippen LogP contribution < -0.4 is 10.2 Å². The lowest BCUT2D eigenvalue weighted by Gasteiger charge is -2.31. The highest BCUT2D eigenvalue weighted by Crippen LogP contribution is 2.29. The molecule has 1 amide bonds. The van der Waals surface area contributed by atoms with Crippen molar-refractivity contribution in [1.29, 1.82) is 0 Å². The van der Waals surface area contributed by atoms with Gasteiger partial charge in [0.05, 0.1) is 6.54 Å². The van der Waals surface area contributed by atoms with Gasteiger partial charge in [-0.2, -0.15) is 0 Å². The molecule has 1 saturated heterocycles. The number of rotatable bonds is 3. The van der Waals surface area contributed by atoms with Crippen molar-refractivity contribution in [2.45, 2.75) is 19.8 Å². The number of benzene rings is 1. The number of carbonyl (C=O) groups excluding carboxylic acids is 1. The number of fused-ring (bicyclic) bond motifs is 1. The van der Waals surface area contributed by atoms with E-state index in [0.717, 1.165) is 48.4 Å². The number of nitrogens with zero attached hydrogens (tertiary/aromatic N) is 3. The standard InChI is InChI=1S/C18H20N4O/c1-3-10-19-18(23)16-14-6-4-5-7-15(14)17(21-20-16)22-11-8-13(2)9-12-22/h1,4-7,13H,8-12H2,2H3,(H,19,23). The normalized spacial score (nSPS) is 15.4. The van der Waals surface area contributed by atoms with Gasteiger partial charge in [-0.25, -0.2) is 0 Å². The van der Waals surface area contributed by atoms with E-state index in [9.17, 15) is 4.79 Å². The first-order valence-corrected chi connectivity index (χ1v) is 7.92. The van der Waals surface area contributed by atoms with Gasteiger partial charge in [0.1, 0.15) is 0 Å². The first-order chi connectivity index (χ1) is 11.2. The van der Waals surface area contributed by atoms with Gasteiger partial charge in [0.25, 0.3) is 5.91 Å². The summed E-state index contributed by atoms with van der Waals surface area (Å²) in [5, 5.41) is 13.0. The molecule has 0 atom stereocenters. The lowest BCUT2D eigenvalue weighted by Crippen LogP contribution is -2.34. The highest BCUT2D eigenvalue weighted by atomic mass is 16.1. The van der Waals surface area contributed by atoms with Crippen LogP contribution >= 0.6 is 0 Å². The van der Waals surface area contributed by atoms with Gasteiger partial charge in [-0.3, -0.25) is 4.79 Å². The second-order valence-corrected chi connectivity index (χ2v) is 5.97. The average Bonchev–Trinajstić information content (AvgIpc) is 2.59. The predicted molar refractivity (Wildman–Crippen MR) is 91.3 cm³/mol. The molecule has 23 heavy (non-hydrogen) atoms. The fraction of sp³-hybridized carbons (Fsp3) is 0.389. The van der Waals surface area contributed by atoms with Crippen LogP contribution in [0.3, 0.4) is 0 Å². The topological polar surface area (TPSA) is 58.1 Å². The molecule has 1 aromatic carbocycles. The smallest absolute Gasteiger partial charge is 0.273 e. The lowest BCUT2D eigenvalue weighted by molar-refractivity contribution is 0.0954. The van der Waals surface area contributed by atoms with Gasteiger partial charge in [-0.1, -0.05) is 37.1 Å². The summed E-state index contributed by atoms with van der Waals surface area (Å²) in [5.41, 5.74) is 0.324. The number of nitrogens with one attached hydrogen (secondary N) is 1. The summed E-state index contributed by atoms with van der Waals surface area (Å²) in [6.45, 7) is 4.41. The Morgan fingerprint density at radius 2 is 2.00 bits per heavy atom. The van der Waals surface area contributed by atoms with Crippen molar-refractivity contribution in [1.82, 2.24) is 15.5 Å². The third-order valence-electron chi connectivity index (χ3n) is 4.32. The Hall–Kier alpha value is -2.61. The SMILES string of the molecule is C#CCNC(=O)c1nnc(N2CCC(C)CC2)c2ccccc12. The van der Waals surface area contributed by atoms with Crippen LogP contribution in [0, 0.1) is 18.3 Å². The van der Waals surface area contributed by atoms with Crippen LogP contribution in [0.15, 0.2) is 24.3 Å². The Morgan fingerprint density at radius 3 is 2.70 bits per heavy atom. The summed E-state index contributed by atoms with van der Waals surface area (Å²) in [5.74, 6) is 3.72. The van der Waals surface area contributed by atoms with Gasteiger partial charge in [-0.15, -0.1) is 16.6 Å². The highest BCUT2D eigenvalue weighted by Gasteiger charge is 2.21. The lowest BCUT2D eigenvalue weighted by atomic mass is 9.99. The summed E-state index contributed by atoms with van der Waals surface area (Å²) in [6, 6.07) is 7.77. The van der Waals surface area contributed by atoms with Crippen LogP contribution in [0.5, 0.6) is 0 Å². The molecule has 0 saturated carbocycles. The van der Waals surface area contributed by atoms with Crippen molar-refractivity contribution >= 4 is 22.5 Å². The predicted octanol–water partition coefficient (Wildman–Crippen LogP) is 2.23. The van der Waals surface area contributed by atoms with Gasteiger partial charge >= 0.3 is 0 Å². The van der Waals surface area contributed by atoms with Crippen LogP contribution in [-0.4, -0.2) is 35.7 Å². The summed E-state index contributed by atoms with van der Waals surface area (Å²) < 4.78 is 0. The van der Waals surface area contributed by atoms with Gasteiger partial charge in [0.15, 0.2) is 11.5 Å². The van der Waals surface area contributed by atoms with Gasteiger partial charge in [0, 0.05) is 23.9 Å².